The molecule has 0 saturated heterocycles. The smallest absolute Gasteiger partial charge is 0.241 e. The Morgan fingerprint density at radius 1 is 1.39 bits per heavy atom. The molecule has 0 aliphatic heterocycles. The van der Waals surface area contributed by atoms with Gasteiger partial charge in [-0.15, -0.1) is 0 Å². The van der Waals surface area contributed by atoms with Crippen molar-refractivity contribution in [3.63, 3.8) is 0 Å². The Morgan fingerprint density at radius 3 is 2.56 bits per heavy atom. The van der Waals surface area contributed by atoms with Gasteiger partial charge in [-0.3, -0.25) is 9.69 Å². The second kappa shape index (κ2) is 6.40. The number of amides is 1. The lowest BCUT2D eigenvalue weighted by Gasteiger charge is -2.30. The first-order valence-electron chi connectivity index (χ1n) is 6.37. The van der Waals surface area contributed by atoms with Crippen molar-refractivity contribution < 1.29 is 4.79 Å². The summed E-state index contributed by atoms with van der Waals surface area (Å²) < 4.78 is 0. The molecule has 0 bridgehead atoms. The Labute approximate surface area is 109 Å². The Kier molecular flexibility index (Phi) is 5.16. The van der Waals surface area contributed by atoms with E-state index >= 15 is 0 Å². The lowest BCUT2D eigenvalue weighted by Crippen LogP contribution is -2.45. The zero-order valence-electron chi connectivity index (χ0n) is 11.6. The number of anilines is 2. The van der Waals surface area contributed by atoms with E-state index in [2.05, 4.69) is 31.0 Å². The quantitative estimate of drug-likeness (QED) is 0.787. The van der Waals surface area contributed by atoms with Crippen LogP contribution in [0.2, 0.25) is 0 Å². The highest BCUT2D eigenvalue weighted by Crippen LogP contribution is 2.13. The monoisotopic (exact) mass is 249 g/mol. The number of nitrogens with one attached hydrogen (secondary N) is 1. The average Bonchev–Trinajstić information content (AvgIpc) is 2.29. The second-order valence-electron chi connectivity index (χ2n) is 4.71. The van der Waals surface area contributed by atoms with Gasteiger partial charge in [0.25, 0.3) is 0 Å². The van der Waals surface area contributed by atoms with Gasteiger partial charge in [0.05, 0.1) is 6.04 Å². The number of nitrogens with two attached hydrogens (primary N) is 1. The summed E-state index contributed by atoms with van der Waals surface area (Å²) in [6, 6.07) is 7.41. The lowest BCUT2D eigenvalue weighted by molar-refractivity contribution is -0.121. The van der Waals surface area contributed by atoms with Crippen molar-refractivity contribution in [1.29, 1.82) is 0 Å². The van der Waals surface area contributed by atoms with Crippen molar-refractivity contribution in [1.82, 2.24) is 4.90 Å². The van der Waals surface area contributed by atoms with E-state index in [9.17, 15) is 4.79 Å². The van der Waals surface area contributed by atoms with E-state index in [-0.39, 0.29) is 11.9 Å². The van der Waals surface area contributed by atoms with E-state index in [1.165, 1.54) is 0 Å². The molecule has 0 aliphatic rings. The first-order valence-corrected chi connectivity index (χ1v) is 6.37. The molecule has 0 saturated carbocycles. The number of hydrogen-bond donors (Lipinski definition) is 2. The average molecular weight is 249 g/mol. The fourth-order valence-electron chi connectivity index (χ4n) is 2.10. The van der Waals surface area contributed by atoms with Gasteiger partial charge in [0, 0.05) is 17.4 Å². The predicted octanol–water partition coefficient (Wildman–Crippen LogP) is 2.33. The van der Waals surface area contributed by atoms with Crippen molar-refractivity contribution in [2.24, 2.45) is 0 Å². The van der Waals surface area contributed by atoms with Gasteiger partial charge in [-0.1, -0.05) is 13.0 Å². The van der Waals surface area contributed by atoms with Gasteiger partial charge in [0.1, 0.15) is 0 Å². The van der Waals surface area contributed by atoms with Gasteiger partial charge in [-0.05, 0) is 45.5 Å². The van der Waals surface area contributed by atoms with Crippen LogP contribution < -0.4 is 11.1 Å². The Balaban J connectivity index is 2.70. The molecule has 0 spiro atoms. The van der Waals surface area contributed by atoms with E-state index in [1.54, 1.807) is 12.1 Å². The molecule has 0 aliphatic carbocycles. The van der Waals surface area contributed by atoms with Crippen LogP contribution in [0.15, 0.2) is 24.3 Å². The minimum absolute atomic E-state index is 0.00356. The fraction of sp³-hybridized carbons (Fsp3) is 0.500. The van der Waals surface area contributed by atoms with E-state index in [0.717, 1.165) is 12.2 Å². The summed E-state index contributed by atoms with van der Waals surface area (Å²) >= 11 is 0. The summed E-state index contributed by atoms with van der Waals surface area (Å²) in [5.41, 5.74) is 7.07. The van der Waals surface area contributed by atoms with Gasteiger partial charge < -0.3 is 11.1 Å². The molecule has 0 fully saturated rings. The molecule has 4 nitrogen and oxygen atoms in total. The Hall–Kier alpha value is -1.55. The number of hydrogen-bond acceptors (Lipinski definition) is 3. The molecule has 1 atom stereocenters. The van der Waals surface area contributed by atoms with Crippen LogP contribution in [0.5, 0.6) is 0 Å². The third kappa shape index (κ3) is 3.74. The molecule has 100 valence electrons. The number of carbonyl (C=O) groups is 1. The first-order chi connectivity index (χ1) is 8.45. The molecule has 0 heterocycles. The third-order valence-electron chi connectivity index (χ3n) is 3.06. The van der Waals surface area contributed by atoms with Crippen LogP contribution >= 0.6 is 0 Å². The number of benzene rings is 1. The number of likely N-dealkylation sites (N-methyl/N-ethyl adjacent to an activating group) is 1. The van der Waals surface area contributed by atoms with Gasteiger partial charge in [0.2, 0.25) is 5.91 Å². The highest BCUT2D eigenvalue weighted by molar-refractivity contribution is 5.94. The summed E-state index contributed by atoms with van der Waals surface area (Å²) in [6.45, 7) is 9.01. The van der Waals surface area contributed by atoms with Crippen molar-refractivity contribution in [2.75, 3.05) is 17.6 Å². The number of carbonyl (C=O) groups excluding carboxylic acids is 1. The van der Waals surface area contributed by atoms with Gasteiger partial charge >= 0.3 is 0 Å². The summed E-state index contributed by atoms with van der Waals surface area (Å²) in [4.78, 5) is 14.3. The molecule has 1 rings (SSSR count). The highest BCUT2D eigenvalue weighted by Gasteiger charge is 2.22. The van der Waals surface area contributed by atoms with Gasteiger partial charge in [-0.25, -0.2) is 0 Å². The molecule has 0 radical (unpaired) electrons. The molecule has 1 unspecified atom stereocenters. The predicted molar refractivity (Wildman–Crippen MR) is 76.5 cm³/mol. The molecule has 18 heavy (non-hydrogen) atoms. The van der Waals surface area contributed by atoms with Crippen LogP contribution in [-0.4, -0.2) is 29.4 Å². The molecular weight excluding hydrogens is 226 g/mol. The van der Waals surface area contributed by atoms with E-state index in [4.69, 9.17) is 5.73 Å². The standard InChI is InChI=1S/C14H23N3O/c1-5-17(10(2)3)11(4)14(18)16-13-8-6-7-12(15)9-13/h6-11H,5,15H2,1-4H3,(H,16,18). The minimum atomic E-state index is -0.156. The van der Waals surface area contributed by atoms with Crippen molar-refractivity contribution in [3.8, 4) is 0 Å². The van der Waals surface area contributed by atoms with Gasteiger partial charge in [-0.2, -0.15) is 0 Å². The normalized spacial score (nSPS) is 12.8. The summed E-state index contributed by atoms with van der Waals surface area (Å²) in [7, 11) is 0. The molecular formula is C14H23N3O. The third-order valence-corrected chi connectivity index (χ3v) is 3.06. The van der Waals surface area contributed by atoms with Crippen LogP contribution in [0.25, 0.3) is 0 Å². The maximum atomic E-state index is 12.1. The van der Waals surface area contributed by atoms with E-state index in [0.29, 0.717) is 11.7 Å². The number of nitrogen functional groups attached to an aromatic ring is 1. The SMILES string of the molecule is CCN(C(C)C)C(C)C(=O)Nc1cccc(N)c1. The molecule has 4 heteroatoms. The fourth-order valence-corrected chi connectivity index (χ4v) is 2.10. The summed E-state index contributed by atoms with van der Waals surface area (Å²) in [5, 5.41) is 2.89. The molecule has 1 aromatic rings. The van der Waals surface area contributed by atoms with Crippen molar-refractivity contribution in [2.45, 2.75) is 39.8 Å². The molecule has 0 aromatic heterocycles. The van der Waals surface area contributed by atoms with E-state index < -0.39 is 0 Å². The maximum Gasteiger partial charge on any atom is 0.241 e. The van der Waals surface area contributed by atoms with Crippen LogP contribution in [0.1, 0.15) is 27.7 Å². The summed E-state index contributed by atoms with van der Waals surface area (Å²) in [5.74, 6) is -0.00356. The lowest BCUT2D eigenvalue weighted by atomic mass is 10.2. The number of nitrogens with zero attached hydrogens (tertiary/aromatic N) is 1. The van der Waals surface area contributed by atoms with Gasteiger partial charge in [0.15, 0.2) is 0 Å². The molecule has 1 aromatic carbocycles. The zero-order chi connectivity index (χ0) is 13.7. The topological polar surface area (TPSA) is 58.4 Å². The van der Waals surface area contributed by atoms with Crippen molar-refractivity contribution >= 4 is 17.3 Å². The summed E-state index contributed by atoms with van der Waals surface area (Å²) in [6.07, 6.45) is 0. The van der Waals surface area contributed by atoms with Crippen molar-refractivity contribution in [3.05, 3.63) is 24.3 Å². The number of rotatable bonds is 5. The highest BCUT2D eigenvalue weighted by atomic mass is 16.2. The first kappa shape index (κ1) is 14.5. The van der Waals surface area contributed by atoms with Crippen LogP contribution in [0.4, 0.5) is 11.4 Å². The van der Waals surface area contributed by atoms with Crippen LogP contribution in [0.3, 0.4) is 0 Å². The Morgan fingerprint density at radius 2 is 2.06 bits per heavy atom. The van der Waals surface area contributed by atoms with Crippen LogP contribution in [-0.2, 0) is 4.79 Å². The van der Waals surface area contributed by atoms with Crippen LogP contribution in [0, 0.1) is 0 Å². The second-order valence-corrected chi connectivity index (χ2v) is 4.71. The zero-order valence-corrected chi connectivity index (χ0v) is 11.6. The minimum Gasteiger partial charge on any atom is -0.399 e. The molecule has 1 amide bonds. The van der Waals surface area contributed by atoms with E-state index in [1.807, 2.05) is 19.1 Å². The maximum absolute atomic E-state index is 12.1. The largest absolute Gasteiger partial charge is 0.399 e. The molecule has 3 N–H and O–H groups in total. The Bertz CT molecular complexity index is 404.